The molecule has 2 aromatic carbocycles. The van der Waals surface area contributed by atoms with Crippen LogP contribution in [0.4, 0.5) is 0 Å². The summed E-state index contributed by atoms with van der Waals surface area (Å²) in [5.41, 5.74) is 1.34. The van der Waals surface area contributed by atoms with E-state index in [-0.39, 0.29) is 36.1 Å². The lowest BCUT2D eigenvalue weighted by Gasteiger charge is -2.34. The molecule has 2 aromatic rings. The van der Waals surface area contributed by atoms with E-state index in [1.807, 2.05) is 12.1 Å². The lowest BCUT2D eigenvalue weighted by Crippen LogP contribution is -2.50. The van der Waals surface area contributed by atoms with Crippen molar-refractivity contribution in [3.05, 3.63) is 64.7 Å². The second kappa shape index (κ2) is 8.43. The van der Waals surface area contributed by atoms with E-state index < -0.39 is 10.0 Å². The van der Waals surface area contributed by atoms with Crippen molar-refractivity contribution in [2.45, 2.75) is 18.2 Å². The van der Waals surface area contributed by atoms with Gasteiger partial charge in [-0.1, -0.05) is 35.9 Å². The molecule has 8 heteroatoms. The molecule has 0 aromatic heterocycles. The number of halogens is 1. The number of ketones is 1. The van der Waals surface area contributed by atoms with E-state index in [4.69, 9.17) is 11.6 Å². The maximum Gasteiger partial charge on any atom is 0.243 e. The lowest BCUT2D eigenvalue weighted by molar-refractivity contribution is -0.131. The normalized spacial score (nSPS) is 15.4. The van der Waals surface area contributed by atoms with Crippen molar-refractivity contribution in [3.63, 3.8) is 0 Å². The van der Waals surface area contributed by atoms with Crippen molar-refractivity contribution in [1.29, 1.82) is 0 Å². The minimum absolute atomic E-state index is 0.0369. The molecule has 28 heavy (non-hydrogen) atoms. The first-order chi connectivity index (χ1) is 13.3. The van der Waals surface area contributed by atoms with Crippen molar-refractivity contribution < 1.29 is 18.0 Å². The summed E-state index contributed by atoms with van der Waals surface area (Å²) in [6.45, 7) is 2.60. The highest BCUT2D eigenvalue weighted by atomic mass is 35.5. The van der Waals surface area contributed by atoms with Crippen LogP contribution < -0.4 is 0 Å². The average Bonchev–Trinajstić information content (AvgIpc) is 2.70. The number of benzene rings is 2. The van der Waals surface area contributed by atoms with Crippen LogP contribution in [0.5, 0.6) is 0 Å². The van der Waals surface area contributed by atoms with E-state index in [1.54, 1.807) is 17.0 Å². The smallest absolute Gasteiger partial charge is 0.243 e. The van der Waals surface area contributed by atoms with Crippen molar-refractivity contribution >= 4 is 33.3 Å². The van der Waals surface area contributed by atoms with Crippen molar-refractivity contribution in [2.75, 3.05) is 26.2 Å². The first-order valence-corrected chi connectivity index (χ1v) is 10.7. The average molecular weight is 421 g/mol. The Morgan fingerprint density at radius 2 is 1.50 bits per heavy atom. The molecule has 1 saturated heterocycles. The van der Waals surface area contributed by atoms with Crippen LogP contribution in [0.2, 0.25) is 5.02 Å². The largest absolute Gasteiger partial charge is 0.340 e. The van der Waals surface area contributed by atoms with E-state index in [0.29, 0.717) is 23.7 Å². The Morgan fingerprint density at radius 3 is 2.04 bits per heavy atom. The van der Waals surface area contributed by atoms with E-state index in [2.05, 4.69) is 0 Å². The zero-order valence-corrected chi connectivity index (χ0v) is 17.0. The number of hydrogen-bond donors (Lipinski definition) is 0. The van der Waals surface area contributed by atoms with Gasteiger partial charge in [0.05, 0.1) is 11.3 Å². The summed E-state index contributed by atoms with van der Waals surface area (Å²) in [5.74, 6) is -0.151. The molecule has 1 amide bonds. The zero-order chi connectivity index (χ0) is 20.3. The fourth-order valence-electron chi connectivity index (χ4n) is 3.08. The van der Waals surface area contributed by atoms with Crippen LogP contribution >= 0.6 is 11.6 Å². The molecule has 1 aliphatic rings. The molecule has 6 nitrogen and oxygen atoms in total. The van der Waals surface area contributed by atoms with E-state index >= 15 is 0 Å². The van der Waals surface area contributed by atoms with E-state index in [1.165, 1.54) is 35.5 Å². The van der Waals surface area contributed by atoms with Crippen LogP contribution in [0, 0.1) is 0 Å². The Morgan fingerprint density at radius 1 is 0.929 bits per heavy atom. The standard InChI is InChI=1S/C20H21ClN2O4S/c1-15(24)17-4-8-19(9-5-17)28(26,27)23-12-10-22(11-13-23)20(25)14-16-2-6-18(21)7-3-16/h2-9H,10-14H2,1H3. The van der Waals surface area contributed by atoms with Gasteiger partial charge in [-0.25, -0.2) is 8.42 Å². The van der Waals surface area contributed by atoms with Gasteiger partial charge in [-0.05, 0) is 36.8 Å². The van der Waals surface area contributed by atoms with Gasteiger partial charge < -0.3 is 4.90 Å². The first kappa shape index (κ1) is 20.5. The number of piperazine rings is 1. The summed E-state index contributed by atoms with van der Waals surface area (Å²) in [7, 11) is -3.65. The number of amides is 1. The van der Waals surface area contributed by atoms with Crippen LogP contribution in [0.3, 0.4) is 0 Å². The van der Waals surface area contributed by atoms with Gasteiger partial charge in [0.15, 0.2) is 5.78 Å². The van der Waals surface area contributed by atoms with Crippen molar-refractivity contribution in [1.82, 2.24) is 9.21 Å². The fraction of sp³-hybridized carbons (Fsp3) is 0.300. The van der Waals surface area contributed by atoms with Crippen LogP contribution in [0.15, 0.2) is 53.4 Å². The van der Waals surface area contributed by atoms with E-state index in [9.17, 15) is 18.0 Å². The van der Waals surface area contributed by atoms with Crippen LogP contribution in [0.25, 0.3) is 0 Å². The second-order valence-corrected chi connectivity index (χ2v) is 9.04. The predicted octanol–water partition coefficient (Wildman–Crippen LogP) is 2.62. The van der Waals surface area contributed by atoms with Gasteiger partial charge in [0, 0.05) is 36.8 Å². The Bertz CT molecular complexity index is 964. The van der Waals surface area contributed by atoms with Gasteiger partial charge >= 0.3 is 0 Å². The monoisotopic (exact) mass is 420 g/mol. The summed E-state index contributed by atoms with van der Waals surface area (Å²) < 4.78 is 27.0. The Balaban J connectivity index is 1.61. The lowest BCUT2D eigenvalue weighted by atomic mass is 10.1. The number of nitrogens with zero attached hydrogens (tertiary/aromatic N) is 2. The maximum atomic E-state index is 12.8. The number of rotatable bonds is 5. The quantitative estimate of drug-likeness (QED) is 0.697. The minimum atomic E-state index is -3.65. The summed E-state index contributed by atoms with van der Waals surface area (Å²) >= 11 is 5.86. The SMILES string of the molecule is CC(=O)c1ccc(S(=O)(=O)N2CCN(C(=O)Cc3ccc(Cl)cc3)CC2)cc1. The highest BCUT2D eigenvalue weighted by Gasteiger charge is 2.30. The fourth-order valence-corrected chi connectivity index (χ4v) is 4.63. The number of hydrogen-bond acceptors (Lipinski definition) is 4. The first-order valence-electron chi connectivity index (χ1n) is 8.91. The summed E-state index contributed by atoms with van der Waals surface area (Å²) in [6.07, 6.45) is 0.260. The molecule has 0 atom stereocenters. The molecule has 1 heterocycles. The molecule has 1 fully saturated rings. The van der Waals surface area contributed by atoms with E-state index in [0.717, 1.165) is 5.56 Å². The van der Waals surface area contributed by atoms with Gasteiger partial charge in [0.25, 0.3) is 0 Å². The molecular formula is C20H21ClN2O4S. The van der Waals surface area contributed by atoms with Gasteiger partial charge in [-0.3, -0.25) is 9.59 Å². The second-order valence-electron chi connectivity index (χ2n) is 6.67. The highest BCUT2D eigenvalue weighted by molar-refractivity contribution is 7.89. The molecule has 0 aliphatic carbocycles. The topological polar surface area (TPSA) is 74.8 Å². The maximum absolute atomic E-state index is 12.8. The molecule has 3 rings (SSSR count). The molecular weight excluding hydrogens is 400 g/mol. The highest BCUT2D eigenvalue weighted by Crippen LogP contribution is 2.19. The van der Waals surface area contributed by atoms with Gasteiger partial charge in [-0.15, -0.1) is 0 Å². The zero-order valence-electron chi connectivity index (χ0n) is 15.5. The minimum Gasteiger partial charge on any atom is -0.340 e. The third-order valence-corrected chi connectivity index (χ3v) is 6.92. The molecule has 148 valence electrons. The molecule has 0 spiro atoms. The third kappa shape index (κ3) is 4.60. The Hall–Kier alpha value is -2.22. The molecule has 0 bridgehead atoms. The van der Waals surface area contributed by atoms with Crippen LogP contribution in [-0.2, 0) is 21.2 Å². The van der Waals surface area contributed by atoms with Gasteiger partial charge in [0.1, 0.15) is 0 Å². The van der Waals surface area contributed by atoms with Crippen LogP contribution in [-0.4, -0.2) is 55.5 Å². The summed E-state index contributed by atoms with van der Waals surface area (Å²) in [6, 6.07) is 13.0. The number of carbonyl (C=O) groups excluding carboxylic acids is 2. The molecule has 1 aliphatic heterocycles. The number of Topliss-reactive ketones (excluding diaryl/α,β-unsaturated/α-hetero) is 1. The molecule has 0 radical (unpaired) electrons. The van der Waals surface area contributed by atoms with Crippen LogP contribution in [0.1, 0.15) is 22.8 Å². The Kier molecular flexibility index (Phi) is 6.17. The third-order valence-electron chi connectivity index (χ3n) is 4.76. The summed E-state index contributed by atoms with van der Waals surface area (Å²) in [4.78, 5) is 25.7. The predicted molar refractivity (Wildman–Crippen MR) is 107 cm³/mol. The molecule has 0 unspecified atom stereocenters. The van der Waals surface area contributed by atoms with Gasteiger partial charge in [-0.2, -0.15) is 4.31 Å². The summed E-state index contributed by atoms with van der Waals surface area (Å²) in [5, 5.41) is 0.617. The van der Waals surface area contributed by atoms with Crippen molar-refractivity contribution in [2.24, 2.45) is 0 Å². The Labute approximate surface area is 169 Å². The molecule has 0 saturated carbocycles. The number of carbonyl (C=O) groups is 2. The number of sulfonamides is 1. The molecule has 0 N–H and O–H groups in total. The van der Waals surface area contributed by atoms with Crippen molar-refractivity contribution in [3.8, 4) is 0 Å². The van der Waals surface area contributed by atoms with Gasteiger partial charge in [0.2, 0.25) is 15.9 Å².